The molecule has 0 unspecified atom stereocenters. The first-order chi connectivity index (χ1) is 12.7. The monoisotopic (exact) mass is 394 g/mol. The fourth-order valence-corrected chi connectivity index (χ4v) is 3.53. The third kappa shape index (κ3) is 4.62. The zero-order valence-corrected chi connectivity index (χ0v) is 15.6. The molecule has 0 aliphatic rings. The van der Waals surface area contributed by atoms with Crippen LogP contribution in [0.2, 0.25) is 0 Å². The molecule has 1 amide bonds. The number of carbonyl (C=O) groups excluding carboxylic acids is 1. The Morgan fingerprint density at radius 1 is 1.11 bits per heavy atom. The van der Waals surface area contributed by atoms with E-state index in [0.29, 0.717) is 18.7 Å². The molecule has 2 aromatic rings. The van der Waals surface area contributed by atoms with Gasteiger partial charge in [-0.2, -0.15) is 0 Å². The van der Waals surface area contributed by atoms with Crippen molar-refractivity contribution in [2.75, 3.05) is 17.8 Å². The van der Waals surface area contributed by atoms with Crippen molar-refractivity contribution in [3.8, 4) is 0 Å². The van der Waals surface area contributed by atoms with Crippen molar-refractivity contribution in [3.05, 3.63) is 59.4 Å². The molecular weight excluding hydrogens is 375 g/mol. The lowest BCUT2D eigenvalue weighted by Crippen LogP contribution is -2.30. The number of nitrogens with zero attached hydrogens (tertiary/aromatic N) is 1. The molecule has 2 rings (SSSR count). The number of anilines is 1. The molecule has 0 bridgehead atoms. The fourth-order valence-electron chi connectivity index (χ4n) is 2.46. The number of carboxylic acids is 1. The summed E-state index contributed by atoms with van der Waals surface area (Å²) in [6, 6.07) is 8.43. The number of hydrogen-bond acceptors (Lipinski definition) is 4. The van der Waals surface area contributed by atoms with Gasteiger partial charge in [-0.15, -0.1) is 0 Å². The van der Waals surface area contributed by atoms with Crippen molar-refractivity contribution >= 4 is 27.6 Å². The molecular formula is C18H19FN2O5S. The lowest BCUT2D eigenvalue weighted by atomic mass is 10.2. The van der Waals surface area contributed by atoms with Crippen LogP contribution in [0.15, 0.2) is 47.4 Å². The predicted molar refractivity (Wildman–Crippen MR) is 97.9 cm³/mol. The third-order valence-electron chi connectivity index (χ3n) is 3.89. The van der Waals surface area contributed by atoms with Crippen LogP contribution in [0.5, 0.6) is 0 Å². The Morgan fingerprint density at radius 3 is 2.37 bits per heavy atom. The molecule has 0 saturated carbocycles. The maximum atomic E-state index is 13.5. The maximum absolute atomic E-state index is 13.5. The van der Waals surface area contributed by atoms with Crippen molar-refractivity contribution in [1.82, 2.24) is 4.90 Å². The first-order valence-corrected chi connectivity index (χ1v) is 9.63. The van der Waals surface area contributed by atoms with E-state index in [0.717, 1.165) is 18.2 Å². The van der Waals surface area contributed by atoms with Crippen LogP contribution in [0.4, 0.5) is 10.1 Å². The van der Waals surface area contributed by atoms with E-state index in [4.69, 9.17) is 5.11 Å². The molecule has 2 N–H and O–H groups in total. The number of nitrogens with one attached hydrogen (secondary N) is 1. The first kappa shape index (κ1) is 20.4. The number of hydrogen-bond donors (Lipinski definition) is 2. The summed E-state index contributed by atoms with van der Waals surface area (Å²) >= 11 is 0. The zero-order valence-electron chi connectivity index (χ0n) is 14.8. The van der Waals surface area contributed by atoms with Gasteiger partial charge in [0.2, 0.25) is 0 Å². The molecule has 0 aliphatic heterocycles. The van der Waals surface area contributed by atoms with Gasteiger partial charge in [-0.25, -0.2) is 17.6 Å². The lowest BCUT2D eigenvalue weighted by Gasteiger charge is -2.19. The molecule has 0 aromatic heterocycles. The van der Waals surface area contributed by atoms with E-state index in [9.17, 15) is 22.4 Å². The molecule has 2 aromatic carbocycles. The minimum Gasteiger partial charge on any atom is -0.478 e. The molecule has 0 spiro atoms. The van der Waals surface area contributed by atoms with Crippen LogP contribution in [0.1, 0.15) is 34.6 Å². The molecule has 0 radical (unpaired) electrons. The van der Waals surface area contributed by atoms with Gasteiger partial charge < -0.3 is 10.0 Å². The Bertz CT molecular complexity index is 971. The van der Waals surface area contributed by atoms with Crippen LogP contribution < -0.4 is 4.72 Å². The average Bonchev–Trinajstić information content (AvgIpc) is 2.62. The summed E-state index contributed by atoms with van der Waals surface area (Å²) in [5.41, 5.74) is -0.304. The van der Waals surface area contributed by atoms with Crippen molar-refractivity contribution in [2.24, 2.45) is 0 Å². The van der Waals surface area contributed by atoms with Gasteiger partial charge in [-0.1, -0.05) is 6.07 Å². The van der Waals surface area contributed by atoms with Crippen LogP contribution in [0.3, 0.4) is 0 Å². The standard InChI is InChI=1S/C18H19FN2O5S/c1-3-21(4-2)17(22)12-6-5-7-13(10-12)20-27(25,26)14-8-9-16(19)15(11-14)18(23)24/h5-11,20H,3-4H2,1-2H3,(H,23,24). The average molecular weight is 394 g/mol. The summed E-state index contributed by atoms with van der Waals surface area (Å²) in [6.45, 7) is 4.70. The number of sulfonamides is 1. The van der Waals surface area contributed by atoms with Crippen molar-refractivity contribution in [2.45, 2.75) is 18.7 Å². The van der Waals surface area contributed by atoms with Crippen molar-refractivity contribution in [1.29, 1.82) is 0 Å². The van der Waals surface area contributed by atoms with Gasteiger partial charge in [0.05, 0.1) is 10.5 Å². The second-order valence-electron chi connectivity index (χ2n) is 5.61. The second-order valence-corrected chi connectivity index (χ2v) is 7.29. The second kappa shape index (κ2) is 8.17. The highest BCUT2D eigenvalue weighted by Crippen LogP contribution is 2.20. The maximum Gasteiger partial charge on any atom is 0.338 e. The highest BCUT2D eigenvalue weighted by atomic mass is 32.2. The lowest BCUT2D eigenvalue weighted by molar-refractivity contribution is 0.0690. The zero-order chi connectivity index (χ0) is 20.2. The molecule has 27 heavy (non-hydrogen) atoms. The summed E-state index contributed by atoms with van der Waals surface area (Å²) in [5.74, 6) is -2.85. The molecule has 7 nitrogen and oxygen atoms in total. The Morgan fingerprint density at radius 2 is 1.78 bits per heavy atom. The number of benzene rings is 2. The van der Waals surface area contributed by atoms with E-state index in [-0.39, 0.29) is 11.6 Å². The molecule has 0 atom stereocenters. The van der Waals surface area contributed by atoms with E-state index in [1.165, 1.54) is 18.2 Å². The van der Waals surface area contributed by atoms with Crippen LogP contribution >= 0.6 is 0 Å². The van der Waals surface area contributed by atoms with E-state index >= 15 is 0 Å². The molecule has 0 saturated heterocycles. The number of rotatable bonds is 7. The number of carbonyl (C=O) groups is 2. The molecule has 0 aliphatic carbocycles. The summed E-state index contributed by atoms with van der Waals surface area (Å²) in [7, 11) is -4.16. The van der Waals surface area contributed by atoms with Crippen LogP contribution in [-0.2, 0) is 10.0 Å². The minimum absolute atomic E-state index is 0.134. The molecule has 0 heterocycles. The smallest absolute Gasteiger partial charge is 0.338 e. The summed E-state index contributed by atoms with van der Waals surface area (Å²) in [6.07, 6.45) is 0. The number of halogens is 1. The van der Waals surface area contributed by atoms with Gasteiger partial charge in [-0.05, 0) is 50.2 Å². The molecule has 9 heteroatoms. The van der Waals surface area contributed by atoms with E-state index in [1.54, 1.807) is 11.0 Å². The minimum atomic E-state index is -4.16. The quantitative estimate of drug-likeness (QED) is 0.752. The number of aromatic carboxylic acids is 1. The Kier molecular flexibility index (Phi) is 6.17. The summed E-state index contributed by atoms with van der Waals surface area (Å²) < 4.78 is 40.7. The molecule has 0 fully saturated rings. The van der Waals surface area contributed by atoms with Gasteiger partial charge in [0.15, 0.2) is 0 Å². The SMILES string of the molecule is CCN(CC)C(=O)c1cccc(NS(=O)(=O)c2ccc(F)c(C(=O)O)c2)c1. The number of amides is 1. The van der Waals surface area contributed by atoms with E-state index < -0.39 is 32.3 Å². The van der Waals surface area contributed by atoms with Gasteiger partial charge in [0, 0.05) is 24.3 Å². The fraction of sp³-hybridized carbons (Fsp3) is 0.222. The normalized spacial score (nSPS) is 11.1. The Balaban J connectivity index is 2.34. The topological polar surface area (TPSA) is 104 Å². The first-order valence-electron chi connectivity index (χ1n) is 8.14. The van der Waals surface area contributed by atoms with E-state index in [2.05, 4.69) is 4.72 Å². The third-order valence-corrected chi connectivity index (χ3v) is 5.27. The van der Waals surface area contributed by atoms with E-state index in [1.807, 2.05) is 13.8 Å². The summed E-state index contributed by atoms with van der Waals surface area (Å²) in [4.78, 5) is 24.6. The van der Waals surface area contributed by atoms with Crippen LogP contribution in [0.25, 0.3) is 0 Å². The van der Waals surface area contributed by atoms with Crippen LogP contribution in [-0.4, -0.2) is 43.4 Å². The molecule has 144 valence electrons. The Labute approximate surface area is 156 Å². The van der Waals surface area contributed by atoms with Gasteiger partial charge in [0.25, 0.3) is 15.9 Å². The van der Waals surface area contributed by atoms with Crippen molar-refractivity contribution in [3.63, 3.8) is 0 Å². The highest BCUT2D eigenvalue weighted by Gasteiger charge is 2.20. The van der Waals surface area contributed by atoms with Crippen LogP contribution in [0, 0.1) is 5.82 Å². The Hall–Kier alpha value is -2.94. The predicted octanol–water partition coefficient (Wildman–Crippen LogP) is 2.81. The largest absolute Gasteiger partial charge is 0.478 e. The number of carboxylic acid groups (broad SMARTS) is 1. The van der Waals surface area contributed by atoms with Crippen molar-refractivity contribution < 1.29 is 27.5 Å². The summed E-state index contributed by atoms with van der Waals surface area (Å²) in [5, 5.41) is 8.94. The van der Waals surface area contributed by atoms with Gasteiger partial charge >= 0.3 is 5.97 Å². The highest BCUT2D eigenvalue weighted by molar-refractivity contribution is 7.92. The van der Waals surface area contributed by atoms with Gasteiger partial charge in [-0.3, -0.25) is 9.52 Å². The van der Waals surface area contributed by atoms with Gasteiger partial charge in [0.1, 0.15) is 5.82 Å².